The number of aliphatic hydroxyl groups excluding tert-OH is 1. The summed E-state index contributed by atoms with van der Waals surface area (Å²) in [5, 5.41) is 12.5. The van der Waals surface area contributed by atoms with E-state index in [2.05, 4.69) is 5.32 Å². The van der Waals surface area contributed by atoms with Gasteiger partial charge < -0.3 is 21.1 Å². The lowest BCUT2D eigenvalue weighted by Gasteiger charge is -2.25. The van der Waals surface area contributed by atoms with Gasteiger partial charge in [-0.05, 0) is 31.1 Å². The Balaban J connectivity index is 1.99. The molecule has 0 aromatic rings. The molecule has 2 rings (SSSR count). The summed E-state index contributed by atoms with van der Waals surface area (Å²) in [5.41, 5.74) is 5.16. The van der Waals surface area contributed by atoms with Crippen LogP contribution in [0.5, 0.6) is 0 Å². The Morgan fingerprint density at radius 1 is 1.35 bits per heavy atom. The molecule has 0 bridgehead atoms. The number of likely N-dealkylation sites (tertiary alicyclic amines) is 1. The molecule has 0 aromatic heterocycles. The van der Waals surface area contributed by atoms with Crippen LogP contribution in [0.2, 0.25) is 0 Å². The Labute approximate surface area is 119 Å². The van der Waals surface area contributed by atoms with Crippen molar-refractivity contribution in [2.24, 2.45) is 23.5 Å². The van der Waals surface area contributed by atoms with Crippen LogP contribution in [-0.4, -0.2) is 47.2 Å². The maximum Gasteiger partial charge on any atom is 0.312 e. The average Bonchev–Trinajstić information content (AvgIpc) is 2.89. The molecule has 2 aliphatic rings. The average molecular weight is 283 g/mol. The summed E-state index contributed by atoms with van der Waals surface area (Å²) in [7, 11) is 0. The molecule has 1 heterocycles. The van der Waals surface area contributed by atoms with E-state index >= 15 is 0 Å². The first-order chi connectivity index (χ1) is 9.38. The first-order valence-electron chi connectivity index (χ1n) is 7.41. The van der Waals surface area contributed by atoms with Gasteiger partial charge in [-0.15, -0.1) is 0 Å². The summed E-state index contributed by atoms with van der Waals surface area (Å²) >= 11 is 0. The first kappa shape index (κ1) is 15.1. The summed E-state index contributed by atoms with van der Waals surface area (Å²) < 4.78 is 0. The molecule has 6 heteroatoms. The summed E-state index contributed by atoms with van der Waals surface area (Å²) in [6.07, 6.45) is 2.11. The predicted octanol–water partition coefficient (Wildman–Crippen LogP) is 0.299. The Morgan fingerprint density at radius 3 is 2.60 bits per heavy atom. The Bertz CT molecular complexity index is 386. The van der Waals surface area contributed by atoms with Crippen LogP contribution in [0.4, 0.5) is 4.79 Å². The molecule has 0 spiro atoms. The zero-order valence-corrected chi connectivity index (χ0v) is 12.2. The third kappa shape index (κ3) is 3.23. The Hall–Kier alpha value is -1.30. The number of carbonyl (C=O) groups excluding carboxylic acids is 2. The third-order valence-corrected chi connectivity index (χ3v) is 4.45. The lowest BCUT2D eigenvalue weighted by Crippen LogP contribution is -2.50. The zero-order chi connectivity index (χ0) is 14.9. The molecule has 20 heavy (non-hydrogen) atoms. The van der Waals surface area contributed by atoms with E-state index in [1.807, 2.05) is 13.8 Å². The second-order valence-electron chi connectivity index (χ2n) is 6.50. The molecule has 3 amide bonds. The van der Waals surface area contributed by atoms with Crippen LogP contribution < -0.4 is 11.1 Å². The number of amides is 3. The fraction of sp³-hybridized carbons (Fsp3) is 0.857. The topological polar surface area (TPSA) is 95.7 Å². The first-order valence-corrected chi connectivity index (χ1v) is 7.41. The fourth-order valence-electron chi connectivity index (χ4n) is 3.50. The fourth-order valence-corrected chi connectivity index (χ4v) is 3.50. The number of carbonyl (C=O) groups is 2. The van der Waals surface area contributed by atoms with Crippen LogP contribution in [-0.2, 0) is 4.79 Å². The standard InChI is InChI=1S/C14H25N3O3/c1-8(2)5-11(16-14(15)20)13(19)17-6-9-3-4-12(18)10(9)7-17/h8-12,18H,3-7H2,1-2H3,(H3,15,16,20). The van der Waals surface area contributed by atoms with E-state index in [0.717, 1.165) is 12.8 Å². The number of aliphatic hydroxyl groups is 1. The van der Waals surface area contributed by atoms with Crippen molar-refractivity contribution in [1.29, 1.82) is 0 Å². The Morgan fingerprint density at radius 2 is 2.05 bits per heavy atom. The number of nitrogens with zero attached hydrogens (tertiary/aromatic N) is 1. The molecule has 4 atom stereocenters. The van der Waals surface area contributed by atoms with E-state index in [4.69, 9.17) is 5.73 Å². The normalized spacial score (nSPS) is 30.4. The van der Waals surface area contributed by atoms with Crippen molar-refractivity contribution in [3.05, 3.63) is 0 Å². The molecule has 1 aliphatic heterocycles. The lowest BCUT2D eigenvalue weighted by molar-refractivity contribution is -0.133. The highest BCUT2D eigenvalue weighted by Crippen LogP contribution is 2.38. The van der Waals surface area contributed by atoms with Gasteiger partial charge in [0.25, 0.3) is 0 Å². The van der Waals surface area contributed by atoms with Gasteiger partial charge in [0.2, 0.25) is 5.91 Å². The number of fused-ring (bicyclic) bond motifs is 1. The molecule has 1 saturated carbocycles. The van der Waals surface area contributed by atoms with E-state index in [1.54, 1.807) is 4.90 Å². The number of hydrogen-bond acceptors (Lipinski definition) is 3. The minimum atomic E-state index is -0.663. The van der Waals surface area contributed by atoms with E-state index in [0.29, 0.717) is 31.3 Å². The monoisotopic (exact) mass is 283 g/mol. The van der Waals surface area contributed by atoms with Crippen molar-refractivity contribution in [3.8, 4) is 0 Å². The van der Waals surface area contributed by atoms with Crippen molar-refractivity contribution in [2.75, 3.05) is 13.1 Å². The number of nitrogens with one attached hydrogen (secondary N) is 1. The number of nitrogens with two attached hydrogens (primary N) is 1. The summed E-state index contributed by atoms with van der Waals surface area (Å²) in [6.45, 7) is 5.30. The molecule has 114 valence electrons. The molecule has 1 aliphatic carbocycles. The van der Waals surface area contributed by atoms with Crippen molar-refractivity contribution in [2.45, 2.75) is 45.3 Å². The molecule has 1 saturated heterocycles. The van der Waals surface area contributed by atoms with Gasteiger partial charge in [-0.25, -0.2) is 4.79 Å². The minimum absolute atomic E-state index is 0.0703. The van der Waals surface area contributed by atoms with Gasteiger partial charge in [0.1, 0.15) is 6.04 Å². The molecule has 0 radical (unpaired) electrons. The van der Waals surface area contributed by atoms with E-state index < -0.39 is 12.1 Å². The van der Waals surface area contributed by atoms with Gasteiger partial charge in [0.05, 0.1) is 6.10 Å². The maximum atomic E-state index is 12.5. The quantitative estimate of drug-likeness (QED) is 0.692. The van der Waals surface area contributed by atoms with Gasteiger partial charge in [-0.3, -0.25) is 4.79 Å². The second-order valence-corrected chi connectivity index (χ2v) is 6.50. The van der Waals surface area contributed by atoms with Gasteiger partial charge in [0, 0.05) is 19.0 Å². The van der Waals surface area contributed by atoms with Crippen molar-refractivity contribution < 1.29 is 14.7 Å². The van der Waals surface area contributed by atoms with Gasteiger partial charge in [-0.2, -0.15) is 0 Å². The van der Waals surface area contributed by atoms with Crippen molar-refractivity contribution >= 4 is 11.9 Å². The number of rotatable bonds is 4. The largest absolute Gasteiger partial charge is 0.393 e. The van der Waals surface area contributed by atoms with Crippen molar-refractivity contribution in [1.82, 2.24) is 10.2 Å². The van der Waals surface area contributed by atoms with Crippen LogP contribution in [0, 0.1) is 17.8 Å². The van der Waals surface area contributed by atoms with Crippen LogP contribution in [0.15, 0.2) is 0 Å². The molecule has 0 aromatic carbocycles. The summed E-state index contributed by atoms with van der Waals surface area (Å²) in [5.74, 6) is 0.831. The summed E-state index contributed by atoms with van der Waals surface area (Å²) in [6, 6.07) is -1.22. The van der Waals surface area contributed by atoms with E-state index in [9.17, 15) is 14.7 Å². The van der Waals surface area contributed by atoms with Crippen LogP contribution in [0.3, 0.4) is 0 Å². The molecule has 6 nitrogen and oxygen atoms in total. The van der Waals surface area contributed by atoms with Gasteiger partial charge in [0.15, 0.2) is 0 Å². The number of hydrogen-bond donors (Lipinski definition) is 3. The predicted molar refractivity (Wildman–Crippen MR) is 74.8 cm³/mol. The molecule has 2 fully saturated rings. The molecule has 4 unspecified atom stereocenters. The number of primary amides is 1. The highest BCUT2D eigenvalue weighted by molar-refractivity contribution is 5.86. The van der Waals surface area contributed by atoms with Gasteiger partial charge >= 0.3 is 6.03 Å². The highest BCUT2D eigenvalue weighted by Gasteiger charge is 2.44. The Kier molecular flexibility index (Phi) is 4.52. The van der Waals surface area contributed by atoms with Crippen molar-refractivity contribution in [3.63, 3.8) is 0 Å². The van der Waals surface area contributed by atoms with E-state index in [-0.39, 0.29) is 17.9 Å². The molecular formula is C14H25N3O3. The van der Waals surface area contributed by atoms with E-state index in [1.165, 1.54) is 0 Å². The molecular weight excluding hydrogens is 258 g/mol. The van der Waals surface area contributed by atoms with Gasteiger partial charge in [-0.1, -0.05) is 13.8 Å². The minimum Gasteiger partial charge on any atom is -0.393 e. The second kappa shape index (κ2) is 5.99. The SMILES string of the molecule is CC(C)CC(NC(N)=O)C(=O)N1CC2CCC(O)C2C1. The zero-order valence-electron chi connectivity index (χ0n) is 12.2. The smallest absolute Gasteiger partial charge is 0.312 e. The highest BCUT2D eigenvalue weighted by atomic mass is 16.3. The number of urea groups is 1. The molecule has 4 N–H and O–H groups in total. The lowest BCUT2D eigenvalue weighted by atomic mass is 10.00. The summed E-state index contributed by atoms with van der Waals surface area (Å²) in [4.78, 5) is 25.4. The van der Waals surface area contributed by atoms with Crippen LogP contribution >= 0.6 is 0 Å². The third-order valence-electron chi connectivity index (χ3n) is 4.45. The van der Waals surface area contributed by atoms with Crippen LogP contribution in [0.25, 0.3) is 0 Å². The van der Waals surface area contributed by atoms with Crippen LogP contribution in [0.1, 0.15) is 33.1 Å². The maximum absolute atomic E-state index is 12.5.